The number of hydrogen-bond donors (Lipinski definition) is 1. The molecule has 1 atom stereocenters. The van der Waals surface area contributed by atoms with Crippen LogP contribution in [0.3, 0.4) is 0 Å². The first-order chi connectivity index (χ1) is 17.7. The molecule has 0 saturated carbocycles. The van der Waals surface area contributed by atoms with Crippen LogP contribution in [0.4, 0.5) is 5.82 Å². The normalized spacial score (nSPS) is 18.9. The van der Waals surface area contributed by atoms with Crippen LogP contribution in [0, 0.1) is 5.92 Å². The highest BCUT2D eigenvalue weighted by Gasteiger charge is 2.28. The SMILES string of the molecule is O=C(NCCCN1CCCCC1)C1CCCN(c2nc3ccccc3n(Cc3ccccc3)c2=O)C1. The largest absolute Gasteiger partial charge is 0.356 e. The number of aromatic nitrogens is 2. The molecule has 0 radical (unpaired) electrons. The van der Waals surface area contributed by atoms with Crippen LogP contribution in [0.5, 0.6) is 0 Å². The number of rotatable bonds is 8. The average Bonchev–Trinajstić information content (AvgIpc) is 2.93. The summed E-state index contributed by atoms with van der Waals surface area (Å²) in [5.74, 6) is 0.431. The van der Waals surface area contributed by atoms with E-state index in [9.17, 15) is 9.59 Å². The zero-order valence-electron chi connectivity index (χ0n) is 21.1. The number of fused-ring (bicyclic) bond motifs is 1. The molecule has 36 heavy (non-hydrogen) atoms. The zero-order chi connectivity index (χ0) is 24.7. The maximum atomic E-state index is 13.7. The van der Waals surface area contributed by atoms with Gasteiger partial charge in [0, 0.05) is 19.6 Å². The third kappa shape index (κ3) is 5.78. The molecule has 3 aromatic rings. The number of carbonyl (C=O) groups excluding carboxylic acids is 1. The molecule has 0 spiro atoms. The first-order valence-electron chi connectivity index (χ1n) is 13.5. The third-order valence-electron chi connectivity index (χ3n) is 7.51. The molecular formula is C29H37N5O2. The van der Waals surface area contributed by atoms with Crippen molar-refractivity contribution in [2.45, 2.75) is 45.1 Å². The first kappa shape index (κ1) is 24.5. The minimum absolute atomic E-state index is 0.0971. The monoisotopic (exact) mass is 487 g/mol. The fourth-order valence-electron chi connectivity index (χ4n) is 5.53. The number of carbonyl (C=O) groups is 1. The number of nitrogens with one attached hydrogen (secondary N) is 1. The van der Waals surface area contributed by atoms with Crippen LogP contribution in [-0.2, 0) is 11.3 Å². The van der Waals surface area contributed by atoms with E-state index in [-0.39, 0.29) is 17.4 Å². The van der Waals surface area contributed by atoms with Crippen LogP contribution in [0.2, 0.25) is 0 Å². The molecule has 2 aliphatic rings. The molecule has 3 heterocycles. The Bertz CT molecular complexity index is 1220. The van der Waals surface area contributed by atoms with Crippen LogP contribution in [0.15, 0.2) is 59.4 Å². The second-order valence-electron chi connectivity index (χ2n) is 10.1. The summed E-state index contributed by atoms with van der Waals surface area (Å²) in [6.45, 7) is 5.90. The molecule has 1 amide bonds. The van der Waals surface area contributed by atoms with E-state index in [0.717, 1.165) is 48.9 Å². The smallest absolute Gasteiger partial charge is 0.294 e. The lowest BCUT2D eigenvalue weighted by Crippen LogP contribution is -2.46. The van der Waals surface area contributed by atoms with E-state index in [1.54, 1.807) is 0 Å². The Morgan fingerprint density at radius 3 is 2.56 bits per heavy atom. The molecular weight excluding hydrogens is 450 g/mol. The van der Waals surface area contributed by atoms with Crippen LogP contribution in [0.1, 0.15) is 44.1 Å². The summed E-state index contributed by atoms with van der Waals surface area (Å²) in [6.07, 6.45) is 6.63. The second-order valence-corrected chi connectivity index (χ2v) is 10.1. The fraction of sp³-hybridized carbons (Fsp3) is 0.483. The van der Waals surface area contributed by atoms with Gasteiger partial charge in [0.05, 0.1) is 23.5 Å². The Morgan fingerprint density at radius 2 is 1.72 bits per heavy atom. The molecule has 190 valence electrons. The van der Waals surface area contributed by atoms with Gasteiger partial charge in [0.2, 0.25) is 5.91 Å². The van der Waals surface area contributed by atoms with Gasteiger partial charge in [-0.05, 0) is 69.4 Å². The standard InChI is InChI=1S/C29H37N5O2/c35-28(30-16-10-19-32-17-7-2-8-18-32)24-13-9-20-33(22-24)27-29(36)34(21-23-11-3-1-4-12-23)26-15-6-5-14-25(26)31-27/h1,3-6,11-12,14-15,24H,2,7-10,13,16-22H2,(H,30,35). The Labute approximate surface area is 213 Å². The molecule has 7 heteroatoms. The Kier molecular flexibility index (Phi) is 7.96. The van der Waals surface area contributed by atoms with Gasteiger partial charge in [0.25, 0.3) is 5.56 Å². The lowest BCUT2D eigenvalue weighted by molar-refractivity contribution is -0.125. The molecule has 1 aromatic heterocycles. The van der Waals surface area contributed by atoms with E-state index >= 15 is 0 Å². The van der Waals surface area contributed by atoms with Gasteiger partial charge in [-0.15, -0.1) is 0 Å². The molecule has 2 fully saturated rings. The Balaban J connectivity index is 1.28. The number of piperidine rings is 2. The first-order valence-corrected chi connectivity index (χ1v) is 13.5. The summed E-state index contributed by atoms with van der Waals surface area (Å²) in [4.78, 5) is 36.0. The van der Waals surface area contributed by atoms with Gasteiger partial charge in [-0.1, -0.05) is 48.9 Å². The van der Waals surface area contributed by atoms with Gasteiger partial charge in [-0.25, -0.2) is 4.98 Å². The lowest BCUT2D eigenvalue weighted by Gasteiger charge is -2.33. The van der Waals surface area contributed by atoms with Gasteiger partial charge in [-0.3, -0.25) is 14.2 Å². The van der Waals surface area contributed by atoms with Gasteiger partial charge in [0.1, 0.15) is 0 Å². The number of anilines is 1. The number of nitrogens with zero attached hydrogens (tertiary/aromatic N) is 4. The highest BCUT2D eigenvalue weighted by atomic mass is 16.2. The molecule has 2 aliphatic heterocycles. The summed E-state index contributed by atoms with van der Waals surface area (Å²) < 4.78 is 1.82. The van der Waals surface area contributed by atoms with Crippen molar-refractivity contribution in [3.05, 3.63) is 70.5 Å². The minimum atomic E-state index is -0.121. The van der Waals surface area contributed by atoms with E-state index in [0.29, 0.717) is 25.5 Å². The topological polar surface area (TPSA) is 70.5 Å². The molecule has 1 N–H and O–H groups in total. The fourth-order valence-corrected chi connectivity index (χ4v) is 5.53. The predicted octanol–water partition coefficient (Wildman–Crippen LogP) is 3.65. The van der Waals surface area contributed by atoms with E-state index in [1.807, 2.05) is 64.1 Å². The van der Waals surface area contributed by atoms with E-state index < -0.39 is 0 Å². The molecule has 2 saturated heterocycles. The molecule has 2 aromatic carbocycles. The summed E-state index contributed by atoms with van der Waals surface area (Å²) in [5.41, 5.74) is 2.60. The maximum absolute atomic E-state index is 13.7. The highest BCUT2D eigenvalue weighted by Crippen LogP contribution is 2.22. The summed E-state index contributed by atoms with van der Waals surface area (Å²) in [6, 6.07) is 17.8. The van der Waals surface area contributed by atoms with Crippen molar-refractivity contribution in [2.75, 3.05) is 44.2 Å². The van der Waals surface area contributed by atoms with Gasteiger partial charge >= 0.3 is 0 Å². The van der Waals surface area contributed by atoms with E-state index in [4.69, 9.17) is 4.98 Å². The Hall–Kier alpha value is -3.19. The van der Waals surface area contributed by atoms with Crippen LogP contribution < -0.4 is 15.8 Å². The molecule has 7 nitrogen and oxygen atoms in total. The van der Waals surface area contributed by atoms with Crippen molar-refractivity contribution in [3.63, 3.8) is 0 Å². The highest BCUT2D eigenvalue weighted by molar-refractivity contribution is 5.80. The number of amides is 1. The van der Waals surface area contributed by atoms with Crippen molar-refractivity contribution >= 4 is 22.8 Å². The van der Waals surface area contributed by atoms with Crippen molar-refractivity contribution in [1.82, 2.24) is 19.8 Å². The lowest BCUT2D eigenvalue weighted by atomic mass is 9.97. The van der Waals surface area contributed by atoms with E-state index in [2.05, 4.69) is 10.2 Å². The number of para-hydroxylation sites is 2. The minimum Gasteiger partial charge on any atom is -0.356 e. The van der Waals surface area contributed by atoms with Crippen molar-refractivity contribution in [1.29, 1.82) is 0 Å². The van der Waals surface area contributed by atoms with Crippen molar-refractivity contribution in [2.24, 2.45) is 5.92 Å². The second kappa shape index (κ2) is 11.7. The Morgan fingerprint density at radius 1 is 0.944 bits per heavy atom. The van der Waals surface area contributed by atoms with Crippen molar-refractivity contribution < 1.29 is 4.79 Å². The predicted molar refractivity (Wildman–Crippen MR) is 144 cm³/mol. The van der Waals surface area contributed by atoms with Gasteiger partial charge in [-0.2, -0.15) is 0 Å². The molecule has 0 aliphatic carbocycles. The molecule has 0 bridgehead atoms. The van der Waals surface area contributed by atoms with E-state index in [1.165, 1.54) is 32.4 Å². The number of benzene rings is 2. The third-order valence-corrected chi connectivity index (χ3v) is 7.51. The summed E-state index contributed by atoms with van der Waals surface area (Å²) >= 11 is 0. The molecule has 1 unspecified atom stereocenters. The number of hydrogen-bond acceptors (Lipinski definition) is 5. The summed E-state index contributed by atoms with van der Waals surface area (Å²) in [7, 11) is 0. The van der Waals surface area contributed by atoms with Gasteiger partial charge < -0.3 is 15.1 Å². The van der Waals surface area contributed by atoms with Crippen molar-refractivity contribution in [3.8, 4) is 0 Å². The quantitative estimate of drug-likeness (QED) is 0.491. The van der Waals surface area contributed by atoms with Crippen LogP contribution >= 0.6 is 0 Å². The maximum Gasteiger partial charge on any atom is 0.294 e. The average molecular weight is 488 g/mol. The zero-order valence-corrected chi connectivity index (χ0v) is 21.1. The molecule has 5 rings (SSSR count). The summed E-state index contributed by atoms with van der Waals surface area (Å²) in [5, 5.41) is 3.16. The van der Waals surface area contributed by atoms with Gasteiger partial charge in [0.15, 0.2) is 5.82 Å². The number of likely N-dealkylation sites (tertiary alicyclic amines) is 1. The van der Waals surface area contributed by atoms with Crippen LogP contribution in [0.25, 0.3) is 11.0 Å². The van der Waals surface area contributed by atoms with Crippen LogP contribution in [-0.4, -0.2) is 59.6 Å².